The van der Waals surface area contributed by atoms with Gasteiger partial charge in [-0.15, -0.1) is 0 Å². The second-order valence-electron chi connectivity index (χ2n) is 7.30. The smallest absolute Gasteiger partial charge is 0.411 e. The lowest BCUT2D eigenvalue weighted by Crippen LogP contribution is -2.34. The van der Waals surface area contributed by atoms with Gasteiger partial charge in [-0.25, -0.2) is 9.48 Å². The van der Waals surface area contributed by atoms with Gasteiger partial charge >= 0.3 is 6.09 Å². The van der Waals surface area contributed by atoms with E-state index < -0.39 is 6.09 Å². The number of aryl methyl sites for hydroxylation is 1. The highest BCUT2D eigenvalue weighted by atomic mass is 16.6. The Bertz CT molecular complexity index is 1080. The molecule has 1 fully saturated rings. The van der Waals surface area contributed by atoms with Crippen LogP contribution in [0.1, 0.15) is 24.1 Å². The fraction of sp³-hybridized carbons (Fsp3) is 0.333. The van der Waals surface area contributed by atoms with Gasteiger partial charge in [0.25, 0.3) is 0 Å². The van der Waals surface area contributed by atoms with Crippen LogP contribution < -0.4 is 16.1 Å². The molecule has 30 heavy (non-hydrogen) atoms. The zero-order chi connectivity index (χ0) is 20.9. The van der Waals surface area contributed by atoms with E-state index in [1.807, 2.05) is 31.4 Å². The van der Waals surface area contributed by atoms with Gasteiger partial charge in [0.05, 0.1) is 12.4 Å². The molecule has 0 aliphatic carbocycles. The van der Waals surface area contributed by atoms with Crippen molar-refractivity contribution < 1.29 is 9.53 Å². The molecule has 0 atom stereocenters. The Balaban J connectivity index is 1.45. The van der Waals surface area contributed by atoms with Gasteiger partial charge in [0.1, 0.15) is 17.5 Å². The van der Waals surface area contributed by atoms with E-state index in [-0.39, 0.29) is 11.5 Å². The number of nitrogens with zero attached hydrogens (tertiary/aromatic N) is 4. The first-order valence-electron chi connectivity index (χ1n) is 9.92. The minimum Gasteiger partial charge on any atom is -0.446 e. The van der Waals surface area contributed by atoms with Crippen LogP contribution in [0.3, 0.4) is 0 Å². The summed E-state index contributed by atoms with van der Waals surface area (Å²) >= 11 is 0. The van der Waals surface area contributed by atoms with Crippen molar-refractivity contribution in [2.75, 3.05) is 18.4 Å². The van der Waals surface area contributed by atoms with Crippen LogP contribution in [0.15, 0.2) is 53.7 Å². The van der Waals surface area contributed by atoms with Crippen molar-refractivity contribution in [3.8, 4) is 5.69 Å². The van der Waals surface area contributed by atoms with E-state index in [1.165, 1.54) is 6.07 Å². The molecule has 0 saturated carbocycles. The molecule has 9 heteroatoms. The Morgan fingerprint density at radius 3 is 2.90 bits per heavy atom. The van der Waals surface area contributed by atoms with Crippen molar-refractivity contribution >= 4 is 11.8 Å². The molecule has 3 aromatic rings. The van der Waals surface area contributed by atoms with Gasteiger partial charge < -0.3 is 10.1 Å². The summed E-state index contributed by atoms with van der Waals surface area (Å²) in [5, 5.41) is 14.6. The molecule has 1 amide bonds. The number of hydrogen-bond acceptors (Lipinski definition) is 6. The summed E-state index contributed by atoms with van der Waals surface area (Å²) in [6.07, 6.45) is 6.58. The Morgan fingerprint density at radius 1 is 1.30 bits per heavy atom. The second kappa shape index (κ2) is 8.91. The van der Waals surface area contributed by atoms with Crippen molar-refractivity contribution in [1.29, 1.82) is 0 Å². The zero-order valence-electron chi connectivity index (χ0n) is 16.7. The number of amides is 1. The third-order valence-electron chi connectivity index (χ3n) is 4.94. The van der Waals surface area contributed by atoms with E-state index in [0.717, 1.165) is 37.2 Å². The van der Waals surface area contributed by atoms with E-state index in [2.05, 4.69) is 20.8 Å². The van der Waals surface area contributed by atoms with Crippen molar-refractivity contribution in [3.63, 3.8) is 0 Å². The molecule has 1 aliphatic rings. The first-order chi connectivity index (χ1) is 14.6. The molecule has 9 nitrogen and oxygen atoms in total. The summed E-state index contributed by atoms with van der Waals surface area (Å²) in [4.78, 5) is 24.5. The summed E-state index contributed by atoms with van der Waals surface area (Å²) in [7, 11) is 1.82. The molecule has 1 saturated heterocycles. The largest absolute Gasteiger partial charge is 0.446 e. The lowest BCUT2D eigenvalue weighted by molar-refractivity contribution is 0.0909. The normalized spacial score (nSPS) is 14.4. The number of anilines is 1. The molecule has 1 aliphatic heterocycles. The number of rotatable bonds is 5. The molecule has 1 aromatic carbocycles. The summed E-state index contributed by atoms with van der Waals surface area (Å²) in [5.74, 6) is 0. The third-order valence-corrected chi connectivity index (χ3v) is 4.94. The fourth-order valence-electron chi connectivity index (χ4n) is 3.40. The van der Waals surface area contributed by atoms with Crippen molar-refractivity contribution in [3.05, 3.63) is 70.4 Å². The van der Waals surface area contributed by atoms with Crippen LogP contribution in [0.4, 0.5) is 10.5 Å². The van der Waals surface area contributed by atoms with Gasteiger partial charge in [-0.3, -0.25) is 14.8 Å². The van der Waals surface area contributed by atoms with Crippen LogP contribution in [-0.4, -0.2) is 44.8 Å². The molecule has 0 bridgehead atoms. The lowest BCUT2D eigenvalue weighted by atomic mass is 10.1. The molecule has 2 N–H and O–H groups in total. The van der Waals surface area contributed by atoms with Crippen LogP contribution in [0.25, 0.3) is 5.69 Å². The molecule has 4 rings (SSSR count). The van der Waals surface area contributed by atoms with Crippen LogP contribution in [0.2, 0.25) is 0 Å². The third kappa shape index (κ3) is 4.93. The summed E-state index contributed by atoms with van der Waals surface area (Å²) in [6.45, 7) is 1.71. The fourth-order valence-corrected chi connectivity index (χ4v) is 3.40. The van der Waals surface area contributed by atoms with Crippen LogP contribution in [-0.2, 0) is 18.2 Å². The van der Waals surface area contributed by atoms with Crippen molar-refractivity contribution in [2.45, 2.75) is 25.4 Å². The van der Waals surface area contributed by atoms with Gasteiger partial charge in [0, 0.05) is 31.4 Å². The minimum absolute atomic E-state index is 0.0612. The number of ether oxygens (including phenoxy) is 1. The number of nitrogens with one attached hydrogen (secondary N) is 2. The first kappa shape index (κ1) is 19.8. The molecule has 0 unspecified atom stereocenters. The average molecular weight is 408 g/mol. The van der Waals surface area contributed by atoms with Gasteiger partial charge in [0.2, 0.25) is 5.43 Å². The van der Waals surface area contributed by atoms with Crippen molar-refractivity contribution in [2.24, 2.45) is 7.05 Å². The lowest BCUT2D eigenvalue weighted by Gasteiger charge is -2.22. The molecule has 0 spiro atoms. The van der Waals surface area contributed by atoms with Crippen LogP contribution >= 0.6 is 0 Å². The van der Waals surface area contributed by atoms with Crippen LogP contribution in [0, 0.1) is 0 Å². The first-order valence-corrected chi connectivity index (χ1v) is 9.92. The Morgan fingerprint density at radius 2 is 2.13 bits per heavy atom. The standard InChI is InChI=1S/C21H24N6O3/c1-26-14-17(13-23-26)27-10-7-20(28)19(25-27)12-15-3-2-4-16(11-15)24-21(29)30-18-5-8-22-9-6-18/h2-4,7,10-11,13-14,18,22H,5-6,8-9,12H2,1H3,(H,24,29). The van der Waals surface area contributed by atoms with E-state index in [0.29, 0.717) is 17.8 Å². The zero-order valence-corrected chi connectivity index (χ0v) is 16.7. The maximum Gasteiger partial charge on any atom is 0.411 e. The monoisotopic (exact) mass is 408 g/mol. The van der Waals surface area contributed by atoms with Gasteiger partial charge in [-0.2, -0.15) is 10.2 Å². The Labute approximate surface area is 173 Å². The molecular weight excluding hydrogens is 384 g/mol. The number of piperidine rings is 1. The Hall–Kier alpha value is -3.46. The molecule has 156 valence electrons. The van der Waals surface area contributed by atoms with E-state index >= 15 is 0 Å². The van der Waals surface area contributed by atoms with Gasteiger partial charge in [-0.05, 0) is 43.6 Å². The predicted molar refractivity (Wildman–Crippen MR) is 112 cm³/mol. The van der Waals surface area contributed by atoms with E-state index in [9.17, 15) is 9.59 Å². The number of carbonyl (C=O) groups is 1. The van der Waals surface area contributed by atoms with Crippen LogP contribution in [0.5, 0.6) is 0 Å². The molecule has 3 heterocycles. The van der Waals surface area contributed by atoms with E-state index in [4.69, 9.17) is 4.74 Å². The highest BCUT2D eigenvalue weighted by Gasteiger charge is 2.17. The number of carbonyl (C=O) groups excluding carboxylic acids is 1. The number of hydrogen-bond donors (Lipinski definition) is 2. The molecule has 2 aromatic heterocycles. The highest BCUT2D eigenvalue weighted by Crippen LogP contribution is 2.15. The topological polar surface area (TPSA) is 103 Å². The van der Waals surface area contributed by atoms with Crippen molar-refractivity contribution in [1.82, 2.24) is 24.9 Å². The summed E-state index contributed by atoms with van der Waals surface area (Å²) in [5.41, 5.74) is 2.53. The van der Waals surface area contributed by atoms with Gasteiger partial charge in [-0.1, -0.05) is 12.1 Å². The highest BCUT2D eigenvalue weighted by molar-refractivity contribution is 5.84. The Kier molecular flexibility index (Phi) is 5.89. The summed E-state index contributed by atoms with van der Waals surface area (Å²) in [6, 6.07) is 8.84. The average Bonchev–Trinajstić information content (AvgIpc) is 3.17. The number of benzene rings is 1. The quantitative estimate of drug-likeness (QED) is 0.668. The molecular formula is C21H24N6O3. The maximum atomic E-state index is 12.3. The summed E-state index contributed by atoms with van der Waals surface area (Å²) < 4.78 is 8.78. The maximum absolute atomic E-state index is 12.3. The second-order valence-corrected chi connectivity index (χ2v) is 7.30. The van der Waals surface area contributed by atoms with Gasteiger partial charge in [0.15, 0.2) is 0 Å². The SMILES string of the molecule is Cn1cc(-n2ccc(=O)c(Cc3cccc(NC(=O)OC4CCNCC4)c3)n2)cn1. The number of aromatic nitrogens is 4. The predicted octanol–water partition coefficient (Wildman–Crippen LogP) is 1.86. The minimum atomic E-state index is -0.462. The van der Waals surface area contributed by atoms with E-state index in [1.54, 1.807) is 27.8 Å². The molecule has 0 radical (unpaired) electrons.